The van der Waals surface area contributed by atoms with Crippen molar-refractivity contribution in [1.29, 1.82) is 0 Å². The van der Waals surface area contributed by atoms with Crippen molar-refractivity contribution in [2.75, 3.05) is 14.1 Å². The Labute approximate surface area is 98.0 Å². The van der Waals surface area contributed by atoms with Gasteiger partial charge in [0.15, 0.2) is 0 Å². The van der Waals surface area contributed by atoms with Gasteiger partial charge in [-0.25, -0.2) is 0 Å². The number of hydrogen-bond acceptors (Lipinski definition) is 3. The first-order chi connectivity index (χ1) is 7.43. The molecule has 0 aromatic heterocycles. The van der Waals surface area contributed by atoms with E-state index in [2.05, 4.69) is 4.72 Å². The zero-order valence-electron chi connectivity index (χ0n) is 10.0. The van der Waals surface area contributed by atoms with Gasteiger partial charge in [-0.15, -0.1) is 0 Å². The van der Waals surface area contributed by atoms with Gasteiger partial charge in [0.25, 0.3) is 10.2 Å². The Bertz CT molecular complexity index is 303. The summed E-state index contributed by atoms with van der Waals surface area (Å²) in [7, 11) is -0.468. The summed E-state index contributed by atoms with van der Waals surface area (Å²) in [6.07, 6.45) is 5.03. The molecule has 16 heavy (non-hydrogen) atoms. The van der Waals surface area contributed by atoms with Crippen molar-refractivity contribution in [2.45, 2.75) is 50.7 Å². The standard InChI is InChI=1S/C10H22N2O3S/c1-12(2)16(14,15)11-9-7-5-3-4-6-8-10(9)13/h9-11,13H,3-8H2,1-2H3/t9-,10-/m0/s1. The van der Waals surface area contributed by atoms with Gasteiger partial charge in [-0.05, 0) is 12.8 Å². The Balaban J connectivity index is 2.62. The van der Waals surface area contributed by atoms with Crippen LogP contribution < -0.4 is 4.72 Å². The van der Waals surface area contributed by atoms with E-state index < -0.39 is 16.3 Å². The van der Waals surface area contributed by atoms with Crippen LogP contribution >= 0.6 is 0 Å². The molecule has 2 atom stereocenters. The molecular formula is C10H22N2O3S. The summed E-state index contributed by atoms with van der Waals surface area (Å²) >= 11 is 0. The molecule has 0 aromatic rings. The first kappa shape index (κ1) is 13.9. The van der Waals surface area contributed by atoms with Crippen molar-refractivity contribution in [1.82, 2.24) is 9.03 Å². The largest absolute Gasteiger partial charge is 0.391 e. The van der Waals surface area contributed by atoms with Gasteiger partial charge in [0, 0.05) is 20.1 Å². The van der Waals surface area contributed by atoms with Gasteiger partial charge in [-0.3, -0.25) is 0 Å². The molecule has 0 spiro atoms. The maximum Gasteiger partial charge on any atom is 0.279 e. The molecule has 0 aromatic carbocycles. The number of aliphatic hydroxyl groups excluding tert-OH is 1. The number of nitrogens with zero attached hydrogens (tertiary/aromatic N) is 1. The summed E-state index contributed by atoms with van der Waals surface area (Å²) in [5.74, 6) is 0. The van der Waals surface area contributed by atoms with Crippen LogP contribution in [0.3, 0.4) is 0 Å². The molecule has 0 amide bonds. The quantitative estimate of drug-likeness (QED) is 0.765. The van der Waals surface area contributed by atoms with Crippen molar-refractivity contribution in [3.63, 3.8) is 0 Å². The van der Waals surface area contributed by atoms with Gasteiger partial charge in [0.1, 0.15) is 0 Å². The van der Waals surface area contributed by atoms with Crippen LogP contribution in [-0.4, -0.2) is 44.1 Å². The Hall–Kier alpha value is -0.170. The predicted molar refractivity (Wildman–Crippen MR) is 63.2 cm³/mol. The van der Waals surface area contributed by atoms with E-state index in [0.29, 0.717) is 12.8 Å². The van der Waals surface area contributed by atoms with E-state index in [9.17, 15) is 13.5 Å². The molecule has 0 heterocycles. The van der Waals surface area contributed by atoms with Gasteiger partial charge in [0.2, 0.25) is 0 Å². The highest BCUT2D eigenvalue weighted by Crippen LogP contribution is 2.18. The van der Waals surface area contributed by atoms with E-state index in [-0.39, 0.29) is 6.04 Å². The zero-order valence-corrected chi connectivity index (χ0v) is 10.8. The van der Waals surface area contributed by atoms with Gasteiger partial charge in [-0.1, -0.05) is 25.7 Å². The third-order valence-corrected chi connectivity index (χ3v) is 4.57. The lowest BCUT2D eigenvalue weighted by atomic mass is 9.95. The fourth-order valence-corrected chi connectivity index (χ4v) is 2.77. The van der Waals surface area contributed by atoms with Crippen molar-refractivity contribution >= 4 is 10.2 Å². The minimum absolute atomic E-state index is 0.340. The Morgan fingerprint density at radius 1 is 1.12 bits per heavy atom. The van der Waals surface area contributed by atoms with E-state index in [1.165, 1.54) is 14.1 Å². The smallest absolute Gasteiger partial charge is 0.279 e. The molecule has 96 valence electrons. The van der Waals surface area contributed by atoms with Crippen LogP contribution in [0, 0.1) is 0 Å². The maximum atomic E-state index is 11.6. The molecule has 1 saturated carbocycles. The topological polar surface area (TPSA) is 69.6 Å². The van der Waals surface area contributed by atoms with E-state index >= 15 is 0 Å². The highest BCUT2D eigenvalue weighted by Gasteiger charge is 2.26. The summed E-state index contributed by atoms with van der Waals surface area (Å²) < 4.78 is 27.0. The minimum atomic E-state index is -3.44. The number of nitrogens with one attached hydrogen (secondary N) is 1. The van der Waals surface area contributed by atoms with Gasteiger partial charge >= 0.3 is 0 Å². The zero-order chi connectivity index (χ0) is 12.2. The summed E-state index contributed by atoms with van der Waals surface area (Å²) in [5, 5.41) is 9.87. The summed E-state index contributed by atoms with van der Waals surface area (Å²) in [6, 6.07) is -0.340. The molecule has 0 radical (unpaired) electrons. The molecule has 0 aliphatic heterocycles. The Morgan fingerprint density at radius 2 is 1.69 bits per heavy atom. The summed E-state index contributed by atoms with van der Waals surface area (Å²) in [6.45, 7) is 0. The lowest BCUT2D eigenvalue weighted by molar-refractivity contribution is 0.113. The highest BCUT2D eigenvalue weighted by atomic mass is 32.2. The van der Waals surface area contributed by atoms with Crippen molar-refractivity contribution in [3.05, 3.63) is 0 Å². The number of aliphatic hydroxyl groups is 1. The van der Waals surface area contributed by atoms with Crippen LogP contribution in [-0.2, 0) is 10.2 Å². The molecule has 1 rings (SSSR count). The average molecular weight is 250 g/mol. The second-order valence-corrected chi connectivity index (χ2v) is 6.49. The SMILES string of the molecule is CN(C)S(=O)(=O)N[C@H]1CCCCCC[C@@H]1O. The number of rotatable bonds is 3. The molecule has 0 bridgehead atoms. The summed E-state index contributed by atoms with van der Waals surface area (Å²) in [5.41, 5.74) is 0. The molecule has 5 nitrogen and oxygen atoms in total. The number of hydrogen-bond donors (Lipinski definition) is 2. The van der Waals surface area contributed by atoms with Crippen LogP contribution in [0.2, 0.25) is 0 Å². The predicted octanol–water partition coefficient (Wildman–Crippen LogP) is 0.466. The molecule has 1 aliphatic rings. The fraction of sp³-hybridized carbons (Fsp3) is 1.00. The van der Waals surface area contributed by atoms with Crippen molar-refractivity contribution < 1.29 is 13.5 Å². The van der Waals surface area contributed by atoms with Gasteiger partial charge in [-0.2, -0.15) is 17.4 Å². The molecule has 1 aliphatic carbocycles. The second kappa shape index (κ2) is 5.95. The summed E-state index contributed by atoms with van der Waals surface area (Å²) in [4.78, 5) is 0. The van der Waals surface area contributed by atoms with E-state index in [4.69, 9.17) is 0 Å². The maximum absolute atomic E-state index is 11.6. The molecule has 6 heteroatoms. The Morgan fingerprint density at radius 3 is 2.25 bits per heavy atom. The van der Waals surface area contributed by atoms with Crippen LogP contribution in [0.15, 0.2) is 0 Å². The first-order valence-electron chi connectivity index (χ1n) is 5.81. The third kappa shape index (κ3) is 4.01. The van der Waals surface area contributed by atoms with E-state index in [1.807, 2.05) is 0 Å². The average Bonchev–Trinajstić information content (AvgIpc) is 2.17. The van der Waals surface area contributed by atoms with Crippen LogP contribution in [0.4, 0.5) is 0 Å². The molecule has 0 unspecified atom stereocenters. The lowest BCUT2D eigenvalue weighted by Crippen LogP contribution is -2.47. The Kier molecular flexibility index (Phi) is 5.17. The van der Waals surface area contributed by atoms with E-state index in [1.54, 1.807) is 0 Å². The van der Waals surface area contributed by atoms with E-state index in [0.717, 1.165) is 30.0 Å². The monoisotopic (exact) mass is 250 g/mol. The normalized spacial score (nSPS) is 28.8. The van der Waals surface area contributed by atoms with Crippen LogP contribution in [0.1, 0.15) is 38.5 Å². The second-order valence-electron chi connectivity index (χ2n) is 4.57. The lowest BCUT2D eigenvalue weighted by Gasteiger charge is -2.27. The minimum Gasteiger partial charge on any atom is -0.391 e. The van der Waals surface area contributed by atoms with Crippen LogP contribution in [0.5, 0.6) is 0 Å². The molecular weight excluding hydrogens is 228 g/mol. The fourth-order valence-electron chi connectivity index (χ4n) is 1.90. The van der Waals surface area contributed by atoms with Gasteiger partial charge in [0.05, 0.1) is 6.10 Å². The van der Waals surface area contributed by atoms with Crippen molar-refractivity contribution in [3.8, 4) is 0 Å². The third-order valence-electron chi connectivity index (χ3n) is 3.01. The van der Waals surface area contributed by atoms with Crippen LogP contribution in [0.25, 0.3) is 0 Å². The van der Waals surface area contributed by atoms with Crippen molar-refractivity contribution in [2.24, 2.45) is 0 Å². The van der Waals surface area contributed by atoms with Gasteiger partial charge < -0.3 is 5.11 Å². The molecule has 0 saturated heterocycles. The molecule has 2 N–H and O–H groups in total. The highest BCUT2D eigenvalue weighted by molar-refractivity contribution is 7.87. The first-order valence-corrected chi connectivity index (χ1v) is 7.25. The molecule has 1 fully saturated rings.